The maximum Gasteiger partial charge on any atom is 0.223 e. The van der Waals surface area contributed by atoms with Crippen molar-refractivity contribution in [2.75, 3.05) is 37.4 Å². The smallest absolute Gasteiger partial charge is 0.223 e. The second-order valence-corrected chi connectivity index (χ2v) is 3.41. The molecule has 15 heavy (non-hydrogen) atoms. The minimum absolute atomic E-state index is 0.181. The van der Waals surface area contributed by atoms with Crippen LogP contribution in [0.25, 0.3) is 0 Å². The van der Waals surface area contributed by atoms with Gasteiger partial charge in [0.25, 0.3) is 0 Å². The van der Waals surface area contributed by atoms with Crippen LogP contribution in [-0.2, 0) is 4.74 Å². The molecular formula is C9H15ClN4O. The quantitative estimate of drug-likeness (QED) is 0.608. The van der Waals surface area contributed by atoms with E-state index >= 15 is 0 Å². The van der Waals surface area contributed by atoms with Gasteiger partial charge in [0.1, 0.15) is 11.0 Å². The summed E-state index contributed by atoms with van der Waals surface area (Å²) in [5.41, 5.74) is 5.49. The highest BCUT2D eigenvalue weighted by atomic mass is 35.5. The van der Waals surface area contributed by atoms with Gasteiger partial charge in [0, 0.05) is 26.3 Å². The molecule has 1 rings (SSSR count). The number of nitrogens with zero attached hydrogens (tertiary/aromatic N) is 3. The second kappa shape index (κ2) is 5.72. The number of nitrogens with two attached hydrogens (primary N) is 1. The number of ether oxygens (including phenoxy) is 1. The van der Waals surface area contributed by atoms with Crippen molar-refractivity contribution in [3.8, 4) is 0 Å². The average molecular weight is 231 g/mol. The van der Waals surface area contributed by atoms with Gasteiger partial charge in [0.2, 0.25) is 5.95 Å². The summed E-state index contributed by atoms with van der Waals surface area (Å²) < 4.78 is 5.24. The van der Waals surface area contributed by atoms with Crippen LogP contribution >= 0.6 is 11.6 Å². The summed E-state index contributed by atoms with van der Waals surface area (Å²) in [5.74, 6) is 0.882. The Balaban J connectivity index is 2.60. The average Bonchev–Trinajstić information content (AvgIpc) is 2.16. The van der Waals surface area contributed by atoms with Gasteiger partial charge in [-0.15, -0.1) is 0 Å². The minimum atomic E-state index is 0.181. The summed E-state index contributed by atoms with van der Waals surface area (Å²) in [7, 11) is 1.90. The van der Waals surface area contributed by atoms with E-state index in [-0.39, 0.29) is 5.95 Å². The van der Waals surface area contributed by atoms with Gasteiger partial charge in [0.15, 0.2) is 0 Å². The molecule has 2 N–H and O–H groups in total. The molecule has 1 aromatic heterocycles. The van der Waals surface area contributed by atoms with Crippen molar-refractivity contribution in [2.45, 2.75) is 6.92 Å². The zero-order chi connectivity index (χ0) is 11.3. The van der Waals surface area contributed by atoms with E-state index in [1.54, 1.807) is 6.07 Å². The maximum absolute atomic E-state index is 5.77. The van der Waals surface area contributed by atoms with Crippen molar-refractivity contribution >= 4 is 23.4 Å². The summed E-state index contributed by atoms with van der Waals surface area (Å²) in [4.78, 5) is 9.77. The van der Waals surface area contributed by atoms with E-state index in [1.807, 2.05) is 18.9 Å². The first-order valence-electron chi connectivity index (χ1n) is 4.72. The Hall–Kier alpha value is -1.07. The summed E-state index contributed by atoms with van der Waals surface area (Å²) in [6.45, 7) is 4.05. The molecule has 0 amide bonds. The van der Waals surface area contributed by atoms with Crippen LogP contribution in [0.5, 0.6) is 0 Å². The summed E-state index contributed by atoms with van der Waals surface area (Å²) in [5, 5.41) is 0.348. The number of rotatable bonds is 5. The number of nitrogen functional groups attached to an aromatic ring is 1. The van der Waals surface area contributed by atoms with E-state index < -0.39 is 0 Å². The van der Waals surface area contributed by atoms with Crippen LogP contribution in [0.4, 0.5) is 11.8 Å². The fourth-order valence-electron chi connectivity index (χ4n) is 1.08. The lowest BCUT2D eigenvalue weighted by Crippen LogP contribution is -2.24. The number of hydrogen-bond donors (Lipinski definition) is 1. The Morgan fingerprint density at radius 2 is 2.27 bits per heavy atom. The van der Waals surface area contributed by atoms with Crippen molar-refractivity contribution in [2.24, 2.45) is 0 Å². The number of hydrogen-bond acceptors (Lipinski definition) is 5. The molecule has 0 fully saturated rings. The molecule has 0 saturated heterocycles. The van der Waals surface area contributed by atoms with Gasteiger partial charge in [-0.05, 0) is 6.92 Å². The third-order valence-electron chi connectivity index (χ3n) is 1.86. The number of anilines is 2. The van der Waals surface area contributed by atoms with Crippen LogP contribution in [0.15, 0.2) is 6.07 Å². The summed E-state index contributed by atoms with van der Waals surface area (Å²) in [6.07, 6.45) is 0. The lowest BCUT2D eigenvalue weighted by Gasteiger charge is -2.17. The lowest BCUT2D eigenvalue weighted by molar-refractivity contribution is 0.154. The highest BCUT2D eigenvalue weighted by molar-refractivity contribution is 6.29. The molecule has 0 atom stereocenters. The molecular weight excluding hydrogens is 216 g/mol. The third-order valence-corrected chi connectivity index (χ3v) is 2.06. The number of likely N-dealkylation sites (N-methyl/N-ethyl adjacent to an activating group) is 1. The van der Waals surface area contributed by atoms with Crippen LogP contribution in [0.3, 0.4) is 0 Å². The zero-order valence-electron chi connectivity index (χ0n) is 8.90. The highest BCUT2D eigenvalue weighted by Crippen LogP contribution is 2.15. The molecule has 0 spiro atoms. The topological polar surface area (TPSA) is 64.3 Å². The predicted molar refractivity (Wildman–Crippen MR) is 61.2 cm³/mol. The van der Waals surface area contributed by atoms with Crippen LogP contribution in [-0.4, -0.2) is 36.8 Å². The van der Waals surface area contributed by atoms with Crippen LogP contribution < -0.4 is 10.6 Å². The Labute approximate surface area is 94.2 Å². The van der Waals surface area contributed by atoms with Crippen molar-refractivity contribution in [3.05, 3.63) is 11.2 Å². The molecule has 0 bridgehead atoms. The van der Waals surface area contributed by atoms with Gasteiger partial charge in [-0.1, -0.05) is 11.6 Å². The van der Waals surface area contributed by atoms with Crippen molar-refractivity contribution in [1.29, 1.82) is 0 Å². The van der Waals surface area contributed by atoms with Gasteiger partial charge in [-0.25, -0.2) is 4.98 Å². The highest BCUT2D eigenvalue weighted by Gasteiger charge is 2.05. The molecule has 0 aliphatic rings. The Bertz CT molecular complexity index is 301. The predicted octanol–water partition coefficient (Wildman–Crippen LogP) is 1.18. The third kappa shape index (κ3) is 3.89. The summed E-state index contributed by atoms with van der Waals surface area (Å²) in [6, 6.07) is 1.67. The number of halogens is 1. The molecule has 0 unspecified atom stereocenters. The van der Waals surface area contributed by atoms with E-state index in [0.717, 1.165) is 6.54 Å². The minimum Gasteiger partial charge on any atom is -0.380 e. The molecule has 1 heterocycles. The van der Waals surface area contributed by atoms with Gasteiger partial charge in [-0.3, -0.25) is 0 Å². The number of aromatic nitrogens is 2. The fraction of sp³-hybridized carbons (Fsp3) is 0.556. The van der Waals surface area contributed by atoms with Crippen molar-refractivity contribution in [1.82, 2.24) is 9.97 Å². The Morgan fingerprint density at radius 1 is 1.53 bits per heavy atom. The molecule has 1 aromatic rings. The molecule has 0 radical (unpaired) electrons. The van der Waals surface area contributed by atoms with Gasteiger partial charge >= 0.3 is 0 Å². The molecule has 84 valence electrons. The first-order valence-corrected chi connectivity index (χ1v) is 5.10. The van der Waals surface area contributed by atoms with Gasteiger partial charge < -0.3 is 15.4 Å². The van der Waals surface area contributed by atoms with E-state index in [9.17, 15) is 0 Å². The molecule has 6 heteroatoms. The van der Waals surface area contributed by atoms with Crippen LogP contribution in [0.2, 0.25) is 5.15 Å². The van der Waals surface area contributed by atoms with E-state index in [2.05, 4.69) is 9.97 Å². The molecule has 5 nitrogen and oxygen atoms in total. The standard InChI is InChI=1S/C9H15ClN4O/c1-3-15-5-4-14(2)8-6-7(10)12-9(11)13-8/h6H,3-5H2,1-2H3,(H2,11,12,13). The zero-order valence-corrected chi connectivity index (χ0v) is 9.66. The van der Waals surface area contributed by atoms with Crippen molar-refractivity contribution < 1.29 is 4.74 Å². The van der Waals surface area contributed by atoms with Gasteiger partial charge in [0.05, 0.1) is 6.61 Å². The first-order chi connectivity index (χ1) is 7.13. The van der Waals surface area contributed by atoms with E-state index in [4.69, 9.17) is 22.1 Å². The lowest BCUT2D eigenvalue weighted by atomic mass is 10.5. The largest absolute Gasteiger partial charge is 0.380 e. The summed E-state index contributed by atoms with van der Waals surface area (Å²) >= 11 is 5.77. The van der Waals surface area contributed by atoms with Crippen molar-refractivity contribution in [3.63, 3.8) is 0 Å². The van der Waals surface area contributed by atoms with E-state index in [1.165, 1.54) is 0 Å². The normalized spacial score (nSPS) is 10.3. The van der Waals surface area contributed by atoms with Crippen LogP contribution in [0, 0.1) is 0 Å². The maximum atomic E-state index is 5.77. The Kier molecular flexibility index (Phi) is 4.58. The monoisotopic (exact) mass is 230 g/mol. The molecule has 0 aliphatic carbocycles. The fourth-order valence-corrected chi connectivity index (χ4v) is 1.26. The van der Waals surface area contributed by atoms with E-state index in [0.29, 0.717) is 24.2 Å². The SMILES string of the molecule is CCOCCN(C)c1cc(Cl)nc(N)n1. The molecule has 0 aromatic carbocycles. The molecule has 0 saturated carbocycles. The molecule has 0 aliphatic heterocycles. The first kappa shape index (κ1) is 12.0. The second-order valence-electron chi connectivity index (χ2n) is 3.03. The van der Waals surface area contributed by atoms with Gasteiger partial charge in [-0.2, -0.15) is 4.98 Å². The van der Waals surface area contributed by atoms with Crippen LogP contribution in [0.1, 0.15) is 6.92 Å². The Morgan fingerprint density at radius 3 is 2.87 bits per heavy atom.